The third kappa shape index (κ3) is 4.07. The van der Waals surface area contributed by atoms with E-state index in [1.807, 2.05) is 12.1 Å². The number of hydrogen-bond acceptors (Lipinski definition) is 3. The van der Waals surface area contributed by atoms with Crippen LogP contribution in [0.5, 0.6) is 0 Å². The van der Waals surface area contributed by atoms with E-state index in [1.165, 1.54) is 17.8 Å². The standard InChI is InChI=1S/C16H13FN2OS/c17-14-7-3-1-5-12(14)11-19-16(20)13-6-2-4-8-15(13)21-10-9-18/h1-8H,10-11H2,(H,19,20). The van der Waals surface area contributed by atoms with Gasteiger partial charge < -0.3 is 5.32 Å². The van der Waals surface area contributed by atoms with Crippen LogP contribution in [0.25, 0.3) is 0 Å². The van der Waals surface area contributed by atoms with Gasteiger partial charge in [-0.2, -0.15) is 5.26 Å². The SMILES string of the molecule is N#CCSc1ccccc1C(=O)NCc1ccccc1F. The van der Waals surface area contributed by atoms with Gasteiger partial charge in [0.15, 0.2) is 0 Å². The Morgan fingerprint density at radius 1 is 1.19 bits per heavy atom. The van der Waals surface area contributed by atoms with Gasteiger partial charge in [-0.3, -0.25) is 4.79 Å². The van der Waals surface area contributed by atoms with Gasteiger partial charge in [0.05, 0.1) is 17.4 Å². The van der Waals surface area contributed by atoms with Crippen LogP contribution in [0.2, 0.25) is 0 Å². The summed E-state index contributed by atoms with van der Waals surface area (Å²) in [5.41, 5.74) is 0.932. The predicted molar refractivity (Wildman–Crippen MR) is 80.3 cm³/mol. The zero-order valence-corrected chi connectivity index (χ0v) is 12.0. The third-order valence-electron chi connectivity index (χ3n) is 2.82. The van der Waals surface area contributed by atoms with Gasteiger partial charge in [-0.1, -0.05) is 30.3 Å². The van der Waals surface area contributed by atoms with Crippen LogP contribution in [0.1, 0.15) is 15.9 Å². The number of nitrogens with one attached hydrogen (secondary N) is 1. The van der Waals surface area contributed by atoms with Gasteiger partial charge in [-0.25, -0.2) is 4.39 Å². The number of halogens is 1. The largest absolute Gasteiger partial charge is 0.348 e. The summed E-state index contributed by atoms with van der Waals surface area (Å²) in [5.74, 6) is -0.346. The molecule has 0 unspecified atom stereocenters. The highest BCUT2D eigenvalue weighted by Gasteiger charge is 2.11. The summed E-state index contributed by atoms with van der Waals surface area (Å²) in [5, 5.41) is 11.3. The van der Waals surface area contributed by atoms with Crippen LogP contribution in [-0.2, 0) is 6.54 Å². The van der Waals surface area contributed by atoms with Crippen molar-refractivity contribution in [2.45, 2.75) is 11.4 Å². The van der Waals surface area contributed by atoms with E-state index in [0.717, 1.165) is 4.90 Å². The van der Waals surface area contributed by atoms with E-state index in [2.05, 4.69) is 5.32 Å². The normalized spacial score (nSPS) is 9.90. The highest BCUT2D eigenvalue weighted by Crippen LogP contribution is 2.22. The van der Waals surface area contributed by atoms with Crippen LogP contribution in [-0.4, -0.2) is 11.7 Å². The Kier molecular flexibility index (Phi) is 5.35. The average Bonchev–Trinajstić information content (AvgIpc) is 2.52. The molecule has 5 heteroatoms. The summed E-state index contributed by atoms with van der Waals surface area (Å²) < 4.78 is 13.5. The maximum absolute atomic E-state index is 13.5. The summed E-state index contributed by atoms with van der Waals surface area (Å²) in [7, 11) is 0. The van der Waals surface area contributed by atoms with Crippen LogP contribution in [0.4, 0.5) is 4.39 Å². The van der Waals surface area contributed by atoms with Crippen LogP contribution in [0, 0.1) is 17.1 Å². The Labute approximate surface area is 126 Å². The van der Waals surface area contributed by atoms with Crippen molar-refractivity contribution in [1.29, 1.82) is 5.26 Å². The minimum absolute atomic E-state index is 0.128. The first-order valence-electron chi connectivity index (χ1n) is 6.32. The van der Waals surface area contributed by atoms with Crippen molar-refractivity contribution in [3.8, 4) is 6.07 Å². The molecule has 1 N–H and O–H groups in total. The lowest BCUT2D eigenvalue weighted by molar-refractivity contribution is 0.0947. The number of benzene rings is 2. The molecule has 0 aliphatic rings. The van der Waals surface area contributed by atoms with Crippen molar-refractivity contribution < 1.29 is 9.18 Å². The number of nitriles is 1. The topological polar surface area (TPSA) is 52.9 Å². The molecule has 106 valence electrons. The van der Waals surface area contributed by atoms with Crippen molar-refractivity contribution in [2.24, 2.45) is 0 Å². The molecule has 1 amide bonds. The van der Waals surface area contributed by atoms with Crippen molar-refractivity contribution in [2.75, 3.05) is 5.75 Å². The summed E-state index contributed by atoms with van der Waals surface area (Å²) in [6.45, 7) is 0.128. The molecule has 0 saturated heterocycles. The molecule has 2 aromatic rings. The predicted octanol–water partition coefficient (Wildman–Crippen LogP) is 3.37. The van der Waals surface area contributed by atoms with Gasteiger partial charge in [0, 0.05) is 17.0 Å². The lowest BCUT2D eigenvalue weighted by atomic mass is 10.2. The zero-order valence-electron chi connectivity index (χ0n) is 11.2. The molecule has 0 aromatic heterocycles. The number of carbonyl (C=O) groups is 1. The summed E-state index contributed by atoms with van der Waals surface area (Å²) in [6.07, 6.45) is 0. The molecule has 21 heavy (non-hydrogen) atoms. The third-order valence-corrected chi connectivity index (χ3v) is 3.76. The minimum Gasteiger partial charge on any atom is -0.348 e. The zero-order chi connectivity index (χ0) is 15.1. The van der Waals surface area contributed by atoms with E-state index in [1.54, 1.807) is 36.4 Å². The van der Waals surface area contributed by atoms with Gasteiger partial charge in [-0.05, 0) is 18.2 Å². The molecule has 0 atom stereocenters. The second kappa shape index (κ2) is 7.46. The number of hydrogen-bond donors (Lipinski definition) is 1. The number of thioether (sulfide) groups is 1. The number of rotatable bonds is 5. The Balaban J connectivity index is 2.07. The van der Waals surface area contributed by atoms with Crippen molar-refractivity contribution in [3.05, 3.63) is 65.5 Å². The summed E-state index contributed by atoms with van der Waals surface area (Å²) in [6, 6.07) is 15.4. The van der Waals surface area contributed by atoms with Crippen LogP contribution in [0.3, 0.4) is 0 Å². The molecule has 3 nitrogen and oxygen atoms in total. The fraction of sp³-hybridized carbons (Fsp3) is 0.125. The van der Waals surface area contributed by atoms with Gasteiger partial charge in [-0.15, -0.1) is 11.8 Å². The maximum atomic E-state index is 13.5. The van der Waals surface area contributed by atoms with Crippen LogP contribution < -0.4 is 5.32 Å². The Bertz CT molecular complexity index is 682. The van der Waals surface area contributed by atoms with Crippen molar-refractivity contribution in [1.82, 2.24) is 5.32 Å². The molecule has 0 aliphatic carbocycles. The van der Waals surface area contributed by atoms with Crippen molar-refractivity contribution >= 4 is 17.7 Å². The number of amides is 1. The average molecular weight is 300 g/mol. The lowest BCUT2D eigenvalue weighted by Gasteiger charge is -2.09. The van der Waals surface area contributed by atoms with Gasteiger partial charge >= 0.3 is 0 Å². The van der Waals surface area contributed by atoms with Crippen LogP contribution >= 0.6 is 11.8 Å². The quantitative estimate of drug-likeness (QED) is 0.861. The highest BCUT2D eigenvalue weighted by molar-refractivity contribution is 7.99. The molecule has 0 saturated carbocycles. The molecule has 0 radical (unpaired) electrons. The Hall–Kier alpha value is -2.32. The van der Waals surface area contributed by atoms with Gasteiger partial charge in [0.25, 0.3) is 5.91 Å². The molecule has 2 aromatic carbocycles. The van der Waals surface area contributed by atoms with E-state index in [4.69, 9.17) is 5.26 Å². The second-order valence-corrected chi connectivity index (χ2v) is 5.23. The van der Waals surface area contributed by atoms with E-state index in [-0.39, 0.29) is 24.0 Å². The monoisotopic (exact) mass is 300 g/mol. The lowest BCUT2D eigenvalue weighted by Crippen LogP contribution is -2.23. The molecular weight excluding hydrogens is 287 g/mol. The molecule has 0 spiro atoms. The molecule has 0 heterocycles. The molecule has 2 rings (SSSR count). The van der Waals surface area contributed by atoms with E-state index >= 15 is 0 Å². The molecule has 0 fully saturated rings. The van der Waals surface area contributed by atoms with E-state index in [0.29, 0.717) is 11.1 Å². The first-order chi connectivity index (χ1) is 10.2. The Morgan fingerprint density at radius 3 is 2.67 bits per heavy atom. The molecule has 0 bridgehead atoms. The highest BCUT2D eigenvalue weighted by atomic mass is 32.2. The minimum atomic E-state index is -0.343. The van der Waals surface area contributed by atoms with E-state index in [9.17, 15) is 9.18 Å². The number of nitrogens with zero attached hydrogens (tertiary/aromatic N) is 1. The second-order valence-electron chi connectivity index (χ2n) is 4.22. The molecular formula is C16H13FN2OS. The molecule has 0 aliphatic heterocycles. The first kappa shape index (κ1) is 15.1. The van der Waals surface area contributed by atoms with Gasteiger partial charge in [0.2, 0.25) is 0 Å². The van der Waals surface area contributed by atoms with Crippen LogP contribution in [0.15, 0.2) is 53.4 Å². The maximum Gasteiger partial charge on any atom is 0.252 e. The first-order valence-corrected chi connectivity index (χ1v) is 7.31. The fourth-order valence-corrected chi connectivity index (χ4v) is 2.51. The summed E-state index contributed by atoms with van der Waals surface area (Å²) in [4.78, 5) is 12.9. The fourth-order valence-electron chi connectivity index (χ4n) is 1.80. The Morgan fingerprint density at radius 2 is 1.90 bits per heavy atom. The smallest absolute Gasteiger partial charge is 0.252 e. The van der Waals surface area contributed by atoms with Gasteiger partial charge in [0.1, 0.15) is 5.82 Å². The van der Waals surface area contributed by atoms with Crippen molar-refractivity contribution in [3.63, 3.8) is 0 Å². The summed E-state index contributed by atoms with van der Waals surface area (Å²) >= 11 is 1.30. The number of carbonyl (C=O) groups excluding carboxylic acids is 1. The van der Waals surface area contributed by atoms with E-state index < -0.39 is 0 Å².